The molecule has 1 aromatic carbocycles. The zero-order chi connectivity index (χ0) is 12.4. The highest BCUT2D eigenvalue weighted by Gasteiger charge is 2.17. The highest BCUT2D eigenvalue weighted by molar-refractivity contribution is 7.21. The summed E-state index contributed by atoms with van der Waals surface area (Å²) < 4.78 is 11.1. The van der Waals surface area contributed by atoms with Gasteiger partial charge in [-0.1, -0.05) is 0 Å². The largest absolute Gasteiger partial charge is 0.497 e. The molecule has 0 bridgehead atoms. The van der Waals surface area contributed by atoms with E-state index in [9.17, 15) is 4.79 Å². The lowest BCUT2D eigenvalue weighted by atomic mass is 10.1. The Balaban J connectivity index is 2.65. The monoisotopic (exact) mass is 252 g/mol. The van der Waals surface area contributed by atoms with E-state index in [0.29, 0.717) is 11.5 Å². The number of ether oxygens (including phenoxy) is 2. The topological polar surface area (TPSA) is 55.8 Å². The normalized spacial score (nSPS) is 10.7. The van der Waals surface area contributed by atoms with Gasteiger partial charge in [-0.05, 0) is 23.6 Å². The van der Waals surface area contributed by atoms with E-state index in [2.05, 4.69) is 0 Å². The molecule has 1 aromatic heterocycles. The van der Waals surface area contributed by atoms with Gasteiger partial charge in [0.15, 0.2) is 0 Å². The summed E-state index contributed by atoms with van der Waals surface area (Å²) in [7, 11) is 3.14. The van der Waals surface area contributed by atoms with Gasteiger partial charge in [0.1, 0.15) is 10.6 Å². The summed E-state index contributed by atoms with van der Waals surface area (Å²) in [5, 5.41) is 10.1. The molecule has 17 heavy (non-hydrogen) atoms. The van der Waals surface area contributed by atoms with Gasteiger partial charge in [0.2, 0.25) is 0 Å². The lowest BCUT2D eigenvalue weighted by Crippen LogP contribution is -1.98. The molecule has 1 N–H and O–H groups in total. The molecule has 0 unspecified atom stereocenters. The molecule has 5 heteroatoms. The van der Waals surface area contributed by atoms with Crippen LogP contribution in [0.15, 0.2) is 18.2 Å². The van der Waals surface area contributed by atoms with Gasteiger partial charge in [-0.25, -0.2) is 4.79 Å². The van der Waals surface area contributed by atoms with Crippen LogP contribution in [0.5, 0.6) is 5.75 Å². The third kappa shape index (κ3) is 2.11. The zero-order valence-corrected chi connectivity index (χ0v) is 10.3. The van der Waals surface area contributed by atoms with Crippen molar-refractivity contribution in [2.75, 3.05) is 14.2 Å². The molecule has 1 heterocycles. The molecule has 2 rings (SSSR count). The zero-order valence-electron chi connectivity index (χ0n) is 9.52. The lowest BCUT2D eigenvalue weighted by Gasteiger charge is -2.01. The summed E-state index contributed by atoms with van der Waals surface area (Å²) in [6, 6.07) is 5.52. The first-order chi connectivity index (χ1) is 8.17. The summed E-state index contributed by atoms with van der Waals surface area (Å²) in [4.78, 5) is 11.5. The van der Waals surface area contributed by atoms with Gasteiger partial charge in [0, 0.05) is 17.4 Å². The van der Waals surface area contributed by atoms with Crippen LogP contribution in [0, 0.1) is 0 Å². The Bertz CT molecular complexity index is 559. The van der Waals surface area contributed by atoms with Crippen molar-refractivity contribution in [1.29, 1.82) is 0 Å². The number of methoxy groups -OCH3 is 2. The number of thiophene rings is 1. The highest BCUT2D eigenvalue weighted by Crippen LogP contribution is 2.34. The predicted octanol–water partition coefficient (Wildman–Crippen LogP) is 2.75. The van der Waals surface area contributed by atoms with Crippen molar-refractivity contribution in [2.45, 2.75) is 6.61 Å². The molecule has 0 aliphatic rings. The molecule has 0 radical (unpaired) electrons. The SMILES string of the molecule is COCc1c(C(=O)O)sc2cc(OC)ccc12. The van der Waals surface area contributed by atoms with E-state index in [1.54, 1.807) is 14.2 Å². The fourth-order valence-corrected chi connectivity index (χ4v) is 2.79. The summed E-state index contributed by atoms with van der Waals surface area (Å²) in [5.74, 6) is -0.197. The number of carboxylic acids is 1. The molecule has 4 nitrogen and oxygen atoms in total. The number of rotatable bonds is 4. The van der Waals surface area contributed by atoms with Gasteiger partial charge in [0.25, 0.3) is 0 Å². The van der Waals surface area contributed by atoms with E-state index >= 15 is 0 Å². The van der Waals surface area contributed by atoms with Crippen LogP contribution in [0.2, 0.25) is 0 Å². The number of hydrogen-bond donors (Lipinski definition) is 1. The van der Waals surface area contributed by atoms with Crippen LogP contribution in [0.25, 0.3) is 10.1 Å². The molecule has 0 saturated carbocycles. The van der Waals surface area contributed by atoms with Crippen molar-refractivity contribution in [3.05, 3.63) is 28.6 Å². The highest BCUT2D eigenvalue weighted by atomic mass is 32.1. The van der Waals surface area contributed by atoms with E-state index in [1.165, 1.54) is 11.3 Å². The maximum Gasteiger partial charge on any atom is 0.346 e. The third-order valence-electron chi connectivity index (χ3n) is 2.48. The van der Waals surface area contributed by atoms with Gasteiger partial charge < -0.3 is 14.6 Å². The summed E-state index contributed by atoms with van der Waals surface area (Å²) in [5.41, 5.74) is 0.725. The molecule has 0 aliphatic carbocycles. The summed E-state index contributed by atoms with van der Waals surface area (Å²) >= 11 is 1.24. The van der Waals surface area contributed by atoms with Crippen LogP contribution in [-0.4, -0.2) is 25.3 Å². The Morgan fingerprint density at radius 2 is 2.18 bits per heavy atom. The Morgan fingerprint density at radius 1 is 1.41 bits per heavy atom. The second-order valence-corrected chi connectivity index (χ2v) is 4.56. The minimum atomic E-state index is -0.919. The fraction of sp³-hybridized carbons (Fsp3) is 0.250. The summed E-state index contributed by atoms with van der Waals surface area (Å²) in [6.07, 6.45) is 0. The van der Waals surface area contributed by atoms with Crippen molar-refractivity contribution in [3.63, 3.8) is 0 Å². The molecule has 0 amide bonds. The van der Waals surface area contributed by atoms with Crippen LogP contribution in [-0.2, 0) is 11.3 Å². The van der Waals surface area contributed by atoms with Crippen LogP contribution < -0.4 is 4.74 Å². The Kier molecular flexibility index (Phi) is 3.31. The first-order valence-corrected chi connectivity index (χ1v) is 5.80. The van der Waals surface area contributed by atoms with Gasteiger partial charge in [-0.2, -0.15) is 0 Å². The van der Waals surface area contributed by atoms with Gasteiger partial charge >= 0.3 is 5.97 Å². The first-order valence-electron chi connectivity index (χ1n) is 4.99. The van der Waals surface area contributed by atoms with Crippen LogP contribution in [0.3, 0.4) is 0 Å². The minimum Gasteiger partial charge on any atom is -0.497 e. The smallest absolute Gasteiger partial charge is 0.346 e. The molecular formula is C12H12O4S. The predicted molar refractivity (Wildman–Crippen MR) is 66.0 cm³/mol. The maximum atomic E-state index is 11.1. The maximum absolute atomic E-state index is 11.1. The standard InChI is InChI=1S/C12H12O4S/c1-15-6-9-8-4-3-7(16-2)5-10(8)17-11(9)12(13)14/h3-5H,6H2,1-2H3,(H,13,14). The van der Waals surface area contributed by atoms with Crippen molar-refractivity contribution in [3.8, 4) is 5.75 Å². The average Bonchev–Trinajstić information content (AvgIpc) is 2.68. The van der Waals surface area contributed by atoms with E-state index in [4.69, 9.17) is 14.6 Å². The van der Waals surface area contributed by atoms with Crippen molar-refractivity contribution >= 4 is 27.4 Å². The number of hydrogen-bond acceptors (Lipinski definition) is 4. The van der Waals surface area contributed by atoms with E-state index in [1.807, 2.05) is 18.2 Å². The van der Waals surface area contributed by atoms with Crippen molar-refractivity contribution in [2.24, 2.45) is 0 Å². The van der Waals surface area contributed by atoms with Crippen LogP contribution in [0.1, 0.15) is 15.2 Å². The summed E-state index contributed by atoms with van der Waals surface area (Å²) in [6.45, 7) is 0.300. The van der Waals surface area contributed by atoms with Gasteiger partial charge in [-0.15, -0.1) is 11.3 Å². The molecule has 0 atom stereocenters. The van der Waals surface area contributed by atoms with Gasteiger partial charge in [0.05, 0.1) is 13.7 Å². The Hall–Kier alpha value is -1.59. The van der Waals surface area contributed by atoms with Gasteiger partial charge in [-0.3, -0.25) is 0 Å². The Labute approximate surface area is 102 Å². The first kappa shape index (κ1) is 11.9. The van der Waals surface area contributed by atoms with Crippen LogP contribution >= 0.6 is 11.3 Å². The molecule has 2 aromatic rings. The number of aromatic carboxylic acids is 1. The number of carboxylic acid groups (broad SMARTS) is 1. The number of carbonyl (C=O) groups is 1. The second kappa shape index (κ2) is 4.73. The van der Waals surface area contributed by atoms with Crippen molar-refractivity contribution in [1.82, 2.24) is 0 Å². The lowest BCUT2D eigenvalue weighted by molar-refractivity contribution is 0.0698. The number of fused-ring (bicyclic) bond motifs is 1. The van der Waals surface area contributed by atoms with Crippen LogP contribution in [0.4, 0.5) is 0 Å². The molecule has 90 valence electrons. The van der Waals surface area contributed by atoms with Crippen molar-refractivity contribution < 1.29 is 19.4 Å². The molecular weight excluding hydrogens is 240 g/mol. The molecule has 0 aliphatic heterocycles. The average molecular weight is 252 g/mol. The van der Waals surface area contributed by atoms with E-state index < -0.39 is 5.97 Å². The molecule has 0 fully saturated rings. The third-order valence-corrected chi connectivity index (χ3v) is 3.67. The molecule has 0 spiro atoms. The second-order valence-electron chi connectivity index (χ2n) is 3.51. The number of benzene rings is 1. The minimum absolute atomic E-state index is 0.300. The fourth-order valence-electron chi connectivity index (χ4n) is 1.72. The van der Waals surface area contributed by atoms with E-state index in [-0.39, 0.29) is 0 Å². The quantitative estimate of drug-likeness (QED) is 0.909. The molecule has 0 saturated heterocycles. The Morgan fingerprint density at radius 3 is 2.76 bits per heavy atom. The van der Waals surface area contributed by atoms with E-state index in [0.717, 1.165) is 21.4 Å².